The zero-order valence-electron chi connectivity index (χ0n) is 15.7. The second-order valence-corrected chi connectivity index (χ2v) is 6.18. The van der Waals surface area contributed by atoms with E-state index in [-0.39, 0.29) is 5.91 Å². The number of carbonyl (C=O) groups is 1. The summed E-state index contributed by atoms with van der Waals surface area (Å²) in [5.41, 5.74) is 3.55. The molecule has 0 fully saturated rings. The molecule has 2 aromatic rings. The number of para-hydroxylation sites is 1. The van der Waals surface area contributed by atoms with Crippen molar-refractivity contribution in [2.75, 3.05) is 23.3 Å². The summed E-state index contributed by atoms with van der Waals surface area (Å²) in [5, 5.41) is 3.01. The van der Waals surface area contributed by atoms with Gasteiger partial charge in [-0.2, -0.15) is 0 Å². The third-order valence-electron chi connectivity index (χ3n) is 4.15. The van der Waals surface area contributed by atoms with E-state index in [0.29, 0.717) is 11.5 Å². The minimum Gasteiger partial charge on any atom is -0.341 e. The van der Waals surface area contributed by atoms with Gasteiger partial charge in [0.1, 0.15) is 0 Å². The number of aromatic nitrogens is 2. The van der Waals surface area contributed by atoms with Crippen molar-refractivity contribution in [2.24, 2.45) is 0 Å². The van der Waals surface area contributed by atoms with Gasteiger partial charge in [0, 0.05) is 31.2 Å². The summed E-state index contributed by atoms with van der Waals surface area (Å²) in [6.07, 6.45) is 6.17. The second kappa shape index (κ2) is 9.16. The van der Waals surface area contributed by atoms with E-state index < -0.39 is 0 Å². The average Bonchev–Trinajstić information content (AvgIpc) is 2.63. The number of anilines is 2. The summed E-state index contributed by atoms with van der Waals surface area (Å²) >= 11 is 0. The SMILES string of the molecule is CCCN(CCC)c1ncc(C(=O)Nc2c(C)cccc2CC)cn1. The van der Waals surface area contributed by atoms with Gasteiger partial charge in [-0.3, -0.25) is 4.79 Å². The maximum absolute atomic E-state index is 12.6. The molecule has 0 atom stereocenters. The molecule has 25 heavy (non-hydrogen) atoms. The lowest BCUT2D eigenvalue weighted by atomic mass is 10.1. The fourth-order valence-corrected chi connectivity index (χ4v) is 2.84. The fraction of sp³-hybridized carbons (Fsp3) is 0.450. The summed E-state index contributed by atoms with van der Waals surface area (Å²) in [7, 11) is 0. The number of aryl methyl sites for hydroxylation is 2. The zero-order valence-corrected chi connectivity index (χ0v) is 15.7. The summed E-state index contributed by atoms with van der Waals surface area (Å²) in [5.74, 6) is 0.512. The zero-order chi connectivity index (χ0) is 18.2. The number of rotatable bonds is 8. The molecule has 0 saturated carbocycles. The van der Waals surface area contributed by atoms with Crippen molar-refractivity contribution in [1.29, 1.82) is 0 Å². The van der Waals surface area contributed by atoms with Gasteiger partial charge in [-0.1, -0.05) is 39.0 Å². The number of nitrogens with zero attached hydrogens (tertiary/aromatic N) is 3. The number of benzene rings is 1. The third kappa shape index (κ3) is 4.78. The van der Waals surface area contributed by atoms with Gasteiger partial charge in [-0.05, 0) is 37.3 Å². The average molecular weight is 340 g/mol. The normalized spacial score (nSPS) is 10.6. The Labute approximate surface area is 150 Å². The van der Waals surface area contributed by atoms with Crippen LogP contribution >= 0.6 is 0 Å². The van der Waals surface area contributed by atoms with Crippen molar-refractivity contribution < 1.29 is 4.79 Å². The molecule has 1 heterocycles. The lowest BCUT2D eigenvalue weighted by Crippen LogP contribution is -2.27. The number of carbonyl (C=O) groups excluding carboxylic acids is 1. The monoisotopic (exact) mass is 340 g/mol. The Hall–Kier alpha value is -2.43. The molecule has 0 aliphatic carbocycles. The molecule has 1 aromatic heterocycles. The van der Waals surface area contributed by atoms with Gasteiger partial charge in [0.15, 0.2) is 0 Å². The van der Waals surface area contributed by atoms with Crippen LogP contribution in [0.25, 0.3) is 0 Å². The minimum absolute atomic E-state index is 0.173. The van der Waals surface area contributed by atoms with Crippen LogP contribution in [0, 0.1) is 6.92 Å². The van der Waals surface area contributed by atoms with Gasteiger partial charge in [0.25, 0.3) is 5.91 Å². The largest absolute Gasteiger partial charge is 0.341 e. The van der Waals surface area contributed by atoms with Crippen LogP contribution in [0.1, 0.15) is 55.1 Å². The van der Waals surface area contributed by atoms with E-state index in [1.165, 1.54) is 0 Å². The molecule has 2 rings (SSSR count). The van der Waals surface area contributed by atoms with E-state index in [9.17, 15) is 4.79 Å². The Bertz CT molecular complexity index is 691. The molecule has 134 valence electrons. The van der Waals surface area contributed by atoms with Gasteiger partial charge >= 0.3 is 0 Å². The maximum atomic E-state index is 12.6. The fourth-order valence-electron chi connectivity index (χ4n) is 2.84. The number of hydrogen-bond acceptors (Lipinski definition) is 4. The molecule has 1 aromatic carbocycles. The van der Waals surface area contributed by atoms with Gasteiger partial charge in [0.05, 0.1) is 5.56 Å². The highest BCUT2D eigenvalue weighted by atomic mass is 16.1. The summed E-state index contributed by atoms with van der Waals surface area (Å²) in [6, 6.07) is 6.05. The van der Waals surface area contributed by atoms with E-state index in [1.54, 1.807) is 12.4 Å². The predicted octanol–water partition coefficient (Wildman–Crippen LogP) is 4.23. The topological polar surface area (TPSA) is 58.1 Å². The molecule has 0 radical (unpaired) electrons. The van der Waals surface area contributed by atoms with E-state index in [0.717, 1.165) is 49.2 Å². The van der Waals surface area contributed by atoms with E-state index in [1.807, 2.05) is 25.1 Å². The van der Waals surface area contributed by atoms with Crippen LogP contribution in [0.4, 0.5) is 11.6 Å². The van der Waals surface area contributed by atoms with Crippen molar-refractivity contribution in [1.82, 2.24) is 9.97 Å². The van der Waals surface area contributed by atoms with Crippen molar-refractivity contribution in [3.05, 3.63) is 47.3 Å². The highest BCUT2D eigenvalue weighted by Gasteiger charge is 2.13. The van der Waals surface area contributed by atoms with Crippen LogP contribution in [0.2, 0.25) is 0 Å². The molecule has 5 heteroatoms. The van der Waals surface area contributed by atoms with Gasteiger partial charge in [0.2, 0.25) is 5.95 Å². The highest BCUT2D eigenvalue weighted by Crippen LogP contribution is 2.22. The molecule has 0 spiro atoms. The lowest BCUT2D eigenvalue weighted by Gasteiger charge is -2.21. The molecule has 0 unspecified atom stereocenters. The van der Waals surface area contributed by atoms with E-state index in [4.69, 9.17) is 0 Å². The second-order valence-electron chi connectivity index (χ2n) is 6.18. The van der Waals surface area contributed by atoms with Crippen LogP contribution in [0.5, 0.6) is 0 Å². The van der Waals surface area contributed by atoms with Gasteiger partial charge < -0.3 is 10.2 Å². The number of nitrogens with one attached hydrogen (secondary N) is 1. The Kier molecular flexibility index (Phi) is 6.92. The van der Waals surface area contributed by atoms with Gasteiger partial charge in [-0.25, -0.2) is 9.97 Å². The standard InChI is InChI=1S/C20H28N4O/c1-5-11-24(12-6-2)20-21-13-17(14-22-20)19(25)23-18-15(4)9-8-10-16(18)7-3/h8-10,13-14H,5-7,11-12H2,1-4H3,(H,23,25). The van der Waals surface area contributed by atoms with E-state index >= 15 is 0 Å². The van der Waals surface area contributed by atoms with Crippen LogP contribution in [0.15, 0.2) is 30.6 Å². The molecule has 0 saturated heterocycles. The molecular weight excluding hydrogens is 312 g/mol. The molecule has 1 N–H and O–H groups in total. The quantitative estimate of drug-likeness (QED) is 0.781. The first-order valence-corrected chi connectivity index (χ1v) is 9.07. The molecule has 0 aliphatic rings. The van der Waals surface area contributed by atoms with Crippen LogP contribution < -0.4 is 10.2 Å². The molecular formula is C20H28N4O. The molecule has 0 bridgehead atoms. The van der Waals surface area contributed by atoms with Crippen molar-refractivity contribution in [3.8, 4) is 0 Å². The maximum Gasteiger partial charge on any atom is 0.258 e. The van der Waals surface area contributed by atoms with Crippen molar-refractivity contribution >= 4 is 17.5 Å². The third-order valence-corrected chi connectivity index (χ3v) is 4.15. The van der Waals surface area contributed by atoms with Crippen LogP contribution in [-0.2, 0) is 6.42 Å². The summed E-state index contributed by atoms with van der Waals surface area (Å²) < 4.78 is 0. The summed E-state index contributed by atoms with van der Waals surface area (Å²) in [4.78, 5) is 23.5. The Morgan fingerprint density at radius 1 is 1.08 bits per heavy atom. The highest BCUT2D eigenvalue weighted by molar-refractivity contribution is 6.04. The predicted molar refractivity (Wildman–Crippen MR) is 103 cm³/mol. The number of amides is 1. The van der Waals surface area contributed by atoms with Crippen LogP contribution in [-0.4, -0.2) is 29.0 Å². The smallest absolute Gasteiger partial charge is 0.258 e. The Balaban J connectivity index is 2.15. The van der Waals surface area contributed by atoms with Gasteiger partial charge in [-0.15, -0.1) is 0 Å². The first-order valence-electron chi connectivity index (χ1n) is 9.07. The first kappa shape index (κ1) is 18.9. The Morgan fingerprint density at radius 3 is 2.28 bits per heavy atom. The van der Waals surface area contributed by atoms with Crippen molar-refractivity contribution in [3.63, 3.8) is 0 Å². The molecule has 0 aliphatic heterocycles. The molecule has 1 amide bonds. The molecule has 5 nitrogen and oxygen atoms in total. The Morgan fingerprint density at radius 2 is 1.72 bits per heavy atom. The lowest BCUT2D eigenvalue weighted by molar-refractivity contribution is 0.102. The van der Waals surface area contributed by atoms with Crippen LogP contribution in [0.3, 0.4) is 0 Å². The van der Waals surface area contributed by atoms with Crippen molar-refractivity contribution in [2.45, 2.75) is 47.0 Å². The summed E-state index contributed by atoms with van der Waals surface area (Å²) in [6.45, 7) is 10.2. The minimum atomic E-state index is -0.173. The van der Waals surface area contributed by atoms with E-state index in [2.05, 4.69) is 41.0 Å². The first-order chi connectivity index (χ1) is 12.1. The number of hydrogen-bond donors (Lipinski definition) is 1.